The Kier molecular flexibility index (Phi) is 6.58. The molecule has 2 aliphatic rings. The molecule has 2 fully saturated rings. The minimum atomic E-state index is -1.57. The zero-order valence-corrected chi connectivity index (χ0v) is 17.4. The van der Waals surface area contributed by atoms with Gasteiger partial charge in [-0.05, 0) is 30.5 Å². The Morgan fingerprint density at radius 2 is 1.80 bits per heavy atom. The molecule has 0 radical (unpaired) electrons. The number of ether oxygens (including phenoxy) is 1. The first kappa shape index (κ1) is 20.7. The van der Waals surface area contributed by atoms with Crippen molar-refractivity contribution >= 4 is 34.6 Å². The molecule has 1 saturated carbocycles. The van der Waals surface area contributed by atoms with Gasteiger partial charge in [0, 0.05) is 17.4 Å². The van der Waals surface area contributed by atoms with Crippen LogP contribution in [0.15, 0.2) is 24.3 Å². The fourth-order valence-electron chi connectivity index (χ4n) is 4.13. The number of likely N-dealkylation sites (N-methyl/N-ethyl adjacent to an activating group) is 1. The van der Waals surface area contributed by atoms with E-state index in [1.807, 2.05) is 0 Å². The van der Waals surface area contributed by atoms with E-state index in [-0.39, 0.29) is 29.0 Å². The molecule has 0 aromatic heterocycles. The highest BCUT2D eigenvalue weighted by Crippen LogP contribution is 2.42. The fourth-order valence-corrected chi connectivity index (χ4v) is 4.26. The van der Waals surface area contributed by atoms with Crippen LogP contribution < -0.4 is 0 Å². The third kappa shape index (κ3) is 4.38. The Morgan fingerprint density at radius 1 is 1.20 bits per heavy atom. The van der Waals surface area contributed by atoms with Gasteiger partial charge in [-0.25, -0.2) is 4.79 Å². The van der Waals surface area contributed by atoms with Crippen molar-refractivity contribution in [2.24, 2.45) is 5.92 Å². The van der Waals surface area contributed by atoms with Crippen molar-refractivity contribution in [3.63, 3.8) is 0 Å². The number of hydrogen-bond donors (Lipinski definition) is 1. The van der Waals surface area contributed by atoms with Crippen LogP contribution in [0, 0.1) is 5.92 Å². The van der Waals surface area contributed by atoms with Gasteiger partial charge in [-0.2, -0.15) is 0 Å². The molecule has 2 atom stereocenters. The predicted octanol–water partition coefficient (Wildman–Crippen LogP) is 3.69. The molecule has 0 amide bonds. The smallest absolute Gasteiger partial charge is 0.343 e. The van der Waals surface area contributed by atoms with Crippen LogP contribution in [0.5, 0.6) is 0 Å². The Morgan fingerprint density at radius 3 is 2.32 bits per heavy atom. The van der Waals surface area contributed by atoms with Crippen LogP contribution in [0.4, 0.5) is 0 Å². The summed E-state index contributed by atoms with van der Waals surface area (Å²) in [6.07, 6.45) is 4.51. The number of carbonyl (C=O) groups is 1. The van der Waals surface area contributed by atoms with E-state index in [9.17, 15) is 9.90 Å². The molecule has 0 bridgehead atoms. The van der Waals surface area contributed by atoms with Crippen molar-refractivity contribution in [1.29, 1.82) is 0 Å². The van der Waals surface area contributed by atoms with Crippen LogP contribution >= 0.6 is 28.6 Å². The summed E-state index contributed by atoms with van der Waals surface area (Å²) in [4.78, 5) is 13.0. The second-order valence-corrected chi connectivity index (χ2v) is 8.35. The standard InChI is InChI=1S/C19H27ClNO3.BrH/c1-21(2)12-11-17(13-21)24-18(22)19(23,14-5-3-4-6-14)15-7-9-16(20)10-8-15;/h7-10,14,17,23H,3-6,11-13H2,1-2H3;1H/q+1;/t17-,19+;/m0./s1. The Bertz CT molecular complexity index is 601. The third-order valence-electron chi connectivity index (χ3n) is 5.57. The highest BCUT2D eigenvalue weighted by atomic mass is 79.9. The van der Waals surface area contributed by atoms with Gasteiger partial charge in [0.2, 0.25) is 0 Å². The van der Waals surface area contributed by atoms with Gasteiger partial charge in [-0.15, -0.1) is 17.0 Å². The fraction of sp³-hybridized carbons (Fsp3) is 0.632. The van der Waals surface area contributed by atoms with Crippen molar-refractivity contribution < 1.29 is 19.1 Å². The number of rotatable bonds is 4. The van der Waals surface area contributed by atoms with E-state index >= 15 is 0 Å². The summed E-state index contributed by atoms with van der Waals surface area (Å²) in [5.74, 6) is -0.585. The minimum absolute atomic E-state index is 0. The van der Waals surface area contributed by atoms with Crippen LogP contribution in [0.1, 0.15) is 37.7 Å². The molecule has 1 saturated heterocycles. The number of halogens is 2. The normalized spacial score (nSPS) is 25.2. The molecule has 25 heavy (non-hydrogen) atoms. The topological polar surface area (TPSA) is 46.5 Å². The van der Waals surface area contributed by atoms with E-state index < -0.39 is 11.6 Å². The van der Waals surface area contributed by atoms with E-state index in [1.165, 1.54) is 0 Å². The second-order valence-electron chi connectivity index (χ2n) is 7.91. The molecule has 1 aliphatic heterocycles. The molecule has 1 heterocycles. The summed E-state index contributed by atoms with van der Waals surface area (Å²) >= 11 is 5.97. The number of quaternary nitrogens is 1. The summed E-state index contributed by atoms with van der Waals surface area (Å²) in [6.45, 7) is 1.79. The van der Waals surface area contributed by atoms with Gasteiger partial charge in [0.25, 0.3) is 0 Å². The predicted molar refractivity (Wildman–Crippen MR) is 104 cm³/mol. The van der Waals surface area contributed by atoms with Gasteiger partial charge in [-0.1, -0.05) is 36.6 Å². The van der Waals surface area contributed by atoms with Gasteiger partial charge in [-0.3, -0.25) is 0 Å². The summed E-state index contributed by atoms with van der Waals surface area (Å²) in [5, 5.41) is 12.0. The third-order valence-corrected chi connectivity index (χ3v) is 5.82. The van der Waals surface area contributed by atoms with Gasteiger partial charge in [0.1, 0.15) is 6.54 Å². The molecule has 4 nitrogen and oxygen atoms in total. The highest BCUT2D eigenvalue weighted by molar-refractivity contribution is 8.93. The lowest BCUT2D eigenvalue weighted by Gasteiger charge is -2.33. The van der Waals surface area contributed by atoms with E-state index in [0.717, 1.165) is 49.7 Å². The maximum absolute atomic E-state index is 13.0. The molecule has 1 N–H and O–H groups in total. The Hall–Kier alpha value is -0.620. The van der Waals surface area contributed by atoms with Crippen molar-refractivity contribution in [2.45, 2.75) is 43.8 Å². The largest absolute Gasteiger partial charge is 0.454 e. The van der Waals surface area contributed by atoms with Crippen LogP contribution in [0.3, 0.4) is 0 Å². The van der Waals surface area contributed by atoms with Crippen molar-refractivity contribution in [3.05, 3.63) is 34.9 Å². The molecule has 0 unspecified atom stereocenters. The van der Waals surface area contributed by atoms with E-state index in [4.69, 9.17) is 16.3 Å². The average molecular weight is 434 g/mol. The number of benzene rings is 1. The summed E-state index contributed by atoms with van der Waals surface area (Å²) in [7, 11) is 4.27. The lowest BCUT2D eigenvalue weighted by atomic mass is 9.80. The van der Waals surface area contributed by atoms with Crippen molar-refractivity contribution in [2.75, 3.05) is 27.2 Å². The van der Waals surface area contributed by atoms with Gasteiger partial charge in [0.05, 0.1) is 20.6 Å². The second kappa shape index (κ2) is 7.95. The molecule has 3 rings (SSSR count). The van der Waals surface area contributed by atoms with E-state index in [1.54, 1.807) is 24.3 Å². The summed E-state index contributed by atoms with van der Waals surface area (Å²) in [5.41, 5.74) is -0.976. The first-order chi connectivity index (χ1) is 11.3. The maximum atomic E-state index is 13.0. The molecule has 1 aromatic carbocycles. The average Bonchev–Trinajstić information content (AvgIpc) is 3.17. The molecular weight excluding hydrogens is 406 g/mol. The van der Waals surface area contributed by atoms with Gasteiger partial charge < -0.3 is 14.3 Å². The zero-order valence-electron chi connectivity index (χ0n) is 14.9. The number of carbonyl (C=O) groups excluding carboxylic acids is 1. The van der Waals surface area contributed by atoms with E-state index in [2.05, 4.69) is 14.1 Å². The van der Waals surface area contributed by atoms with Crippen LogP contribution in [0.25, 0.3) is 0 Å². The molecule has 1 aromatic rings. The highest BCUT2D eigenvalue weighted by Gasteiger charge is 2.49. The van der Waals surface area contributed by atoms with Crippen molar-refractivity contribution in [3.8, 4) is 0 Å². The number of nitrogens with zero attached hydrogens (tertiary/aromatic N) is 1. The SMILES string of the molecule is Br.C[N+]1(C)CC[C@H](OC(=O)[C@](O)(c2ccc(Cl)cc2)C2CCCC2)C1. The first-order valence-corrected chi connectivity index (χ1v) is 9.20. The molecule has 0 spiro atoms. The Balaban J connectivity index is 0.00000225. The van der Waals surface area contributed by atoms with Gasteiger partial charge in [0.15, 0.2) is 11.7 Å². The minimum Gasteiger partial charge on any atom is -0.454 e. The van der Waals surface area contributed by atoms with Crippen LogP contribution in [-0.4, -0.2) is 48.8 Å². The summed E-state index contributed by atoms with van der Waals surface area (Å²) < 4.78 is 6.62. The molecule has 6 heteroatoms. The first-order valence-electron chi connectivity index (χ1n) is 8.83. The number of hydrogen-bond acceptors (Lipinski definition) is 3. The van der Waals surface area contributed by atoms with Crippen molar-refractivity contribution in [1.82, 2.24) is 0 Å². The summed E-state index contributed by atoms with van der Waals surface area (Å²) in [6, 6.07) is 6.94. The van der Waals surface area contributed by atoms with E-state index in [0.29, 0.717) is 10.6 Å². The molecule has 140 valence electrons. The zero-order chi connectivity index (χ0) is 17.4. The number of likely N-dealkylation sites (tertiary alicyclic amines) is 1. The lowest BCUT2D eigenvalue weighted by Crippen LogP contribution is -2.46. The Labute approximate surface area is 165 Å². The lowest BCUT2D eigenvalue weighted by molar-refractivity contribution is -0.879. The monoisotopic (exact) mass is 432 g/mol. The number of aliphatic hydroxyl groups is 1. The van der Waals surface area contributed by atoms with Crippen LogP contribution in [0.2, 0.25) is 5.02 Å². The molecular formula is C19H28BrClNO3+. The van der Waals surface area contributed by atoms with Gasteiger partial charge >= 0.3 is 5.97 Å². The van der Waals surface area contributed by atoms with Crippen LogP contribution in [-0.2, 0) is 15.1 Å². The molecule has 1 aliphatic carbocycles. The maximum Gasteiger partial charge on any atom is 0.343 e. The quantitative estimate of drug-likeness (QED) is 0.582. The number of esters is 1.